The fraction of sp³-hybridized carbons (Fsp3) is 0. The van der Waals surface area contributed by atoms with Crippen LogP contribution in [0.1, 0.15) is 0 Å². The van der Waals surface area contributed by atoms with E-state index >= 15 is 0 Å². The van der Waals surface area contributed by atoms with Gasteiger partial charge in [-0.05, 0) is 68.7 Å². The fourth-order valence-electron chi connectivity index (χ4n) is 7.28. The quantitative estimate of drug-likeness (QED) is 0.186. The monoisotopic (exact) mass is 650 g/mol. The molecule has 2 heterocycles. The van der Waals surface area contributed by atoms with E-state index in [4.69, 9.17) is 14.4 Å². The van der Waals surface area contributed by atoms with Crippen molar-refractivity contribution in [3.8, 4) is 56.2 Å². The first kappa shape index (κ1) is 29.1. The summed E-state index contributed by atoms with van der Waals surface area (Å²) in [5.74, 6) is 0.692. The van der Waals surface area contributed by atoms with Crippen molar-refractivity contribution in [1.29, 1.82) is 0 Å². The van der Waals surface area contributed by atoms with Crippen molar-refractivity contribution in [2.75, 3.05) is 0 Å². The molecule has 0 N–H and O–H groups in total. The normalized spacial score (nSPS) is 11.5. The molecule has 238 valence electrons. The van der Waals surface area contributed by atoms with Gasteiger partial charge in [0.25, 0.3) is 0 Å². The largest absolute Gasteiger partial charge is 0.455 e. The molecule has 0 radical (unpaired) electrons. The Hall–Kier alpha value is -6.84. The molecule has 0 aliphatic heterocycles. The van der Waals surface area contributed by atoms with Gasteiger partial charge in [0, 0.05) is 32.8 Å². The van der Waals surface area contributed by atoms with Crippen LogP contribution in [-0.2, 0) is 0 Å². The van der Waals surface area contributed by atoms with Crippen molar-refractivity contribution in [3.05, 3.63) is 182 Å². The van der Waals surface area contributed by atoms with Gasteiger partial charge < -0.3 is 4.42 Å². The second kappa shape index (κ2) is 11.9. The number of benzene rings is 8. The van der Waals surface area contributed by atoms with E-state index < -0.39 is 0 Å². The van der Waals surface area contributed by atoms with Crippen molar-refractivity contribution in [1.82, 2.24) is 9.97 Å². The highest BCUT2D eigenvalue weighted by molar-refractivity contribution is 6.21. The van der Waals surface area contributed by atoms with Crippen molar-refractivity contribution in [2.24, 2.45) is 0 Å². The van der Waals surface area contributed by atoms with E-state index in [2.05, 4.69) is 146 Å². The zero-order chi connectivity index (χ0) is 33.7. The third-order valence-electron chi connectivity index (χ3n) is 9.87. The number of rotatable bonds is 5. The maximum atomic E-state index is 6.81. The van der Waals surface area contributed by atoms with Crippen LogP contribution in [0.4, 0.5) is 0 Å². The Morgan fingerprint density at radius 2 is 0.961 bits per heavy atom. The second-order valence-corrected chi connectivity index (χ2v) is 13.0. The zero-order valence-corrected chi connectivity index (χ0v) is 27.6. The van der Waals surface area contributed by atoms with Gasteiger partial charge in [-0.1, -0.05) is 152 Å². The van der Waals surface area contributed by atoms with E-state index in [1.165, 1.54) is 21.9 Å². The lowest BCUT2D eigenvalue weighted by Gasteiger charge is -2.10. The van der Waals surface area contributed by atoms with E-state index in [-0.39, 0.29) is 0 Å². The van der Waals surface area contributed by atoms with Gasteiger partial charge in [0.15, 0.2) is 5.82 Å². The number of aromatic nitrogens is 2. The second-order valence-electron chi connectivity index (χ2n) is 13.0. The van der Waals surface area contributed by atoms with Crippen molar-refractivity contribution < 1.29 is 4.42 Å². The Morgan fingerprint density at radius 1 is 0.353 bits per heavy atom. The minimum atomic E-state index is 0.692. The highest BCUT2D eigenvalue weighted by atomic mass is 16.3. The lowest BCUT2D eigenvalue weighted by atomic mass is 9.93. The molecule has 2 aromatic heterocycles. The summed E-state index contributed by atoms with van der Waals surface area (Å²) in [4.78, 5) is 10.1. The topological polar surface area (TPSA) is 38.9 Å². The van der Waals surface area contributed by atoms with Crippen LogP contribution in [0.3, 0.4) is 0 Å². The van der Waals surface area contributed by atoms with Gasteiger partial charge in [0.1, 0.15) is 11.2 Å². The molecule has 10 aromatic rings. The van der Waals surface area contributed by atoms with Crippen molar-refractivity contribution in [3.63, 3.8) is 0 Å². The first-order valence-corrected chi connectivity index (χ1v) is 17.2. The first-order valence-electron chi connectivity index (χ1n) is 17.2. The SMILES string of the molecule is c1ccc(-c2cc(-c3ccc4c(c3)oc3c5ccccc5cc(-c5ccc(-c6ccc7ccccc7c6)cc5)c43)nc(-c3ccccc3)n2)cc1. The molecule has 0 saturated carbocycles. The van der Waals surface area contributed by atoms with Gasteiger partial charge in [0.05, 0.1) is 11.4 Å². The third kappa shape index (κ3) is 5.15. The summed E-state index contributed by atoms with van der Waals surface area (Å²) in [6, 6.07) is 63.9. The van der Waals surface area contributed by atoms with Crippen LogP contribution in [0, 0.1) is 0 Å². The number of furan rings is 1. The highest BCUT2D eigenvalue weighted by Gasteiger charge is 2.18. The first-order chi connectivity index (χ1) is 25.2. The minimum absolute atomic E-state index is 0.692. The molecule has 10 rings (SSSR count). The van der Waals surface area contributed by atoms with Crippen LogP contribution in [0.25, 0.3) is 99.6 Å². The van der Waals surface area contributed by atoms with E-state index in [0.717, 1.165) is 71.9 Å². The summed E-state index contributed by atoms with van der Waals surface area (Å²) < 4.78 is 6.81. The van der Waals surface area contributed by atoms with Crippen LogP contribution >= 0.6 is 0 Å². The molecule has 0 fully saturated rings. The third-order valence-corrected chi connectivity index (χ3v) is 9.87. The zero-order valence-electron chi connectivity index (χ0n) is 27.6. The molecule has 8 aromatic carbocycles. The Balaban J connectivity index is 1.12. The Morgan fingerprint density at radius 3 is 1.75 bits per heavy atom. The van der Waals surface area contributed by atoms with Crippen LogP contribution in [0.2, 0.25) is 0 Å². The van der Waals surface area contributed by atoms with Gasteiger partial charge >= 0.3 is 0 Å². The summed E-state index contributed by atoms with van der Waals surface area (Å²) in [7, 11) is 0. The minimum Gasteiger partial charge on any atom is -0.455 e. The molecule has 0 bridgehead atoms. The smallest absolute Gasteiger partial charge is 0.160 e. The van der Waals surface area contributed by atoms with Crippen molar-refractivity contribution >= 4 is 43.5 Å². The summed E-state index contributed by atoms with van der Waals surface area (Å²) in [5, 5.41) is 6.93. The molecule has 0 aliphatic carbocycles. The predicted octanol–water partition coefficient (Wildman–Crippen LogP) is 13.0. The van der Waals surface area contributed by atoms with E-state index in [0.29, 0.717) is 5.82 Å². The fourth-order valence-corrected chi connectivity index (χ4v) is 7.28. The van der Waals surface area contributed by atoms with Crippen LogP contribution in [0.15, 0.2) is 186 Å². The molecular weight excluding hydrogens is 621 g/mol. The number of hydrogen-bond acceptors (Lipinski definition) is 3. The van der Waals surface area contributed by atoms with Gasteiger partial charge in [-0.3, -0.25) is 0 Å². The molecule has 0 atom stereocenters. The molecule has 3 nitrogen and oxygen atoms in total. The number of fused-ring (bicyclic) bond motifs is 6. The van der Waals surface area contributed by atoms with Crippen LogP contribution in [-0.4, -0.2) is 9.97 Å². The van der Waals surface area contributed by atoms with E-state index in [1.54, 1.807) is 0 Å². The Labute approximate surface area is 295 Å². The van der Waals surface area contributed by atoms with Gasteiger partial charge in [0.2, 0.25) is 0 Å². The molecule has 0 unspecified atom stereocenters. The molecule has 0 saturated heterocycles. The molecule has 51 heavy (non-hydrogen) atoms. The summed E-state index contributed by atoms with van der Waals surface area (Å²) in [6.45, 7) is 0. The summed E-state index contributed by atoms with van der Waals surface area (Å²) in [5.41, 5.74) is 11.2. The van der Waals surface area contributed by atoms with Gasteiger partial charge in [-0.2, -0.15) is 0 Å². The average molecular weight is 651 g/mol. The van der Waals surface area contributed by atoms with Gasteiger partial charge in [-0.15, -0.1) is 0 Å². The summed E-state index contributed by atoms with van der Waals surface area (Å²) >= 11 is 0. The van der Waals surface area contributed by atoms with E-state index in [9.17, 15) is 0 Å². The maximum Gasteiger partial charge on any atom is 0.160 e. The van der Waals surface area contributed by atoms with Crippen LogP contribution < -0.4 is 0 Å². The number of hydrogen-bond donors (Lipinski definition) is 0. The lowest BCUT2D eigenvalue weighted by Crippen LogP contribution is -1.95. The number of nitrogens with zero attached hydrogens (tertiary/aromatic N) is 2. The molecule has 0 spiro atoms. The average Bonchev–Trinajstić information content (AvgIpc) is 3.60. The Bertz CT molecular complexity index is 2830. The predicted molar refractivity (Wildman–Crippen MR) is 212 cm³/mol. The molecule has 0 amide bonds. The van der Waals surface area contributed by atoms with E-state index in [1.807, 2.05) is 36.4 Å². The summed E-state index contributed by atoms with van der Waals surface area (Å²) in [6.07, 6.45) is 0. The molecule has 0 aliphatic rings. The van der Waals surface area contributed by atoms with Crippen LogP contribution in [0.5, 0.6) is 0 Å². The maximum absolute atomic E-state index is 6.81. The lowest BCUT2D eigenvalue weighted by molar-refractivity contribution is 0.673. The van der Waals surface area contributed by atoms with Gasteiger partial charge in [-0.25, -0.2) is 9.97 Å². The molecule has 3 heteroatoms. The molecular formula is C48H30N2O. The van der Waals surface area contributed by atoms with Crippen molar-refractivity contribution in [2.45, 2.75) is 0 Å². The highest BCUT2D eigenvalue weighted by Crippen LogP contribution is 2.43. The Kier molecular flexibility index (Phi) is 6.81. The standard InChI is InChI=1S/C48H30N2O/c1-3-12-34(13-4-1)43-30-44(50-48(49-43)35-14-5-2-6-15-35)39-25-26-41-45(29-39)51-47-40-18-10-9-17-38(40)28-42(46(41)47)33-22-19-32(20-23-33)37-24-21-31-11-7-8-16-36(31)27-37/h1-30H.